The second-order valence-electron chi connectivity index (χ2n) is 5.33. The molecule has 0 aromatic heterocycles. The summed E-state index contributed by atoms with van der Waals surface area (Å²) >= 11 is 5.57. The van der Waals surface area contributed by atoms with Gasteiger partial charge in [0, 0.05) is 11.5 Å². The summed E-state index contributed by atoms with van der Waals surface area (Å²) in [5, 5.41) is 0. The first kappa shape index (κ1) is 14.0. The molecule has 0 heterocycles. The zero-order valence-corrected chi connectivity index (χ0v) is 12.8. The molecule has 0 saturated carbocycles. The minimum Gasteiger partial charge on any atom is -0.493 e. The second kappa shape index (κ2) is 6.24. The Hall–Kier alpha value is -1.91. The Labute approximate surface area is 130 Å². The third-order valence-electron chi connectivity index (χ3n) is 3.88. The highest BCUT2D eigenvalue weighted by molar-refractivity contribution is 6.19. The molecule has 1 aliphatic carbocycles. The number of hydrogen-bond donors (Lipinski definition) is 0. The maximum Gasteiger partial charge on any atom is 0.122 e. The van der Waals surface area contributed by atoms with Crippen LogP contribution >= 0.6 is 11.6 Å². The predicted octanol–water partition coefficient (Wildman–Crippen LogP) is 4.30. The molecule has 106 valence electrons. The quantitative estimate of drug-likeness (QED) is 0.606. The first-order valence-electron chi connectivity index (χ1n) is 7.14. The van der Waals surface area contributed by atoms with Crippen molar-refractivity contribution in [3.8, 4) is 17.6 Å². The van der Waals surface area contributed by atoms with Gasteiger partial charge in [0.1, 0.15) is 5.75 Å². The molecule has 2 aromatic rings. The molecule has 3 rings (SSSR count). The van der Waals surface area contributed by atoms with Gasteiger partial charge in [0.2, 0.25) is 0 Å². The van der Waals surface area contributed by atoms with Crippen LogP contribution < -0.4 is 4.74 Å². The topological polar surface area (TPSA) is 9.23 Å². The van der Waals surface area contributed by atoms with Gasteiger partial charge in [0.25, 0.3) is 0 Å². The molecular weight excluding hydrogens is 280 g/mol. The van der Waals surface area contributed by atoms with Crippen molar-refractivity contribution in [3.63, 3.8) is 0 Å². The van der Waals surface area contributed by atoms with Gasteiger partial charge in [-0.25, -0.2) is 0 Å². The maximum atomic E-state index is 5.98. The van der Waals surface area contributed by atoms with E-state index < -0.39 is 0 Å². The number of hydrogen-bond acceptors (Lipinski definition) is 1. The molecule has 0 amide bonds. The summed E-state index contributed by atoms with van der Waals surface area (Å²) in [6.45, 7) is 2.79. The highest BCUT2D eigenvalue weighted by atomic mass is 35.5. The van der Waals surface area contributed by atoms with Gasteiger partial charge in [-0.2, -0.15) is 0 Å². The normalized spacial score (nSPS) is 15.4. The Kier molecular flexibility index (Phi) is 4.18. The van der Waals surface area contributed by atoms with Gasteiger partial charge in [-0.3, -0.25) is 0 Å². The highest BCUT2D eigenvalue weighted by Crippen LogP contribution is 2.35. The molecule has 1 nitrogen and oxygen atoms in total. The molecule has 2 aromatic carbocycles. The fraction of sp³-hybridized carbons (Fsp3) is 0.263. The summed E-state index contributed by atoms with van der Waals surface area (Å²) in [5.41, 5.74) is 4.98. The number of halogens is 1. The van der Waals surface area contributed by atoms with Gasteiger partial charge >= 0.3 is 0 Å². The Morgan fingerprint density at radius 2 is 2.10 bits per heavy atom. The number of aryl methyl sites for hydroxylation is 1. The summed E-state index contributed by atoms with van der Waals surface area (Å²) in [6.07, 6.45) is 1.12. The van der Waals surface area contributed by atoms with E-state index in [1.165, 1.54) is 11.1 Å². The molecule has 1 atom stereocenters. The zero-order chi connectivity index (χ0) is 14.7. The van der Waals surface area contributed by atoms with Crippen LogP contribution in [-0.2, 0) is 6.42 Å². The molecular formula is C19H17ClO. The van der Waals surface area contributed by atoms with E-state index in [0.717, 1.165) is 29.9 Å². The molecule has 0 spiro atoms. The Morgan fingerprint density at radius 1 is 1.24 bits per heavy atom. The molecule has 0 saturated heterocycles. The third kappa shape index (κ3) is 3.06. The second-order valence-corrected chi connectivity index (χ2v) is 5.59. The van der Waals surface area contributed by atoms with Crippen molar-refractivity contribution in [3.05, 3.63) is 64.7 Å². The number of benzene rings is 2. The van der Waals surface area contributed by atoms with Crippen LogP contribution in [0.15, 0.2) is 42.5 Å². The van der Waals surface area contributed by atoms with Gasteiger partial charge in [-0.1, -0.05) is 36.1 Å². The molecule has 21 heavy (non-hydrogen) atoms. The largest absolute Gasteiger partial charge is 0.493 e. The highest BCUT2D eigenvalue weighted by Gasteiger charge is 2.25. The number of fused-ring (bicyclic) bond motifs is 1. The van der Waals surface area contributed by atoms with Crippen molar-refractivity contribution in [1.29, 1.82) is 0 Å². The molecule has 2 heteroatoms. The predicted molar refractivity (Wildman–Crippen MR) is 87.2 cm³/mol. The lowest BCUT2D eigenvalue weighted by atomic mass is 9.78. The van der Waals surface area contributed by atoms with Crippen molar-refractivity contribution < 1.29 is 4.74 Å². The van der Waals surface area contributed by atoms with E-state index in [2.05, 4.69) is 43.0 Å². The van der Waals surface area contributed by atoms with Crippen LogP contribution in [0, 0.1) is 18.8 Å². The molecule has 0 N–H and O–H groups in total. The first-order valence-corrected chi connectivity index (χ1v) is 7.67. The van der Waals surface area contributed by atoms with Crippen molar-refractivity contribution in [2.24, 2.45) is 0 Å². The van der Waals surface area contributed by atoms with Crippen LogP contribution in [0.2, 0.25) is 0 Å². The average Bonchev–Trinajstić information content (AvgIpc) is 2.48. The number of alkyl halides is 1. The van der Waals surface area contributed by atoms with Crippen molar-refractivity contribution in [2.75, 3.05) is 12.5 Å². The van der Waals surface area contributed by atoms with Gasteiger partial charge in [-0.15, -0.1) is 11.6 Å². The Morgan fingerprint density at radius 3 is 2.86 bits per heavy atom. The van der Waals surface area contributed by atoms with Crippen LogP contribution in [0.3, 0.4) is 0 Å². The standard InChI is InChI=1S/C19H17ClO/c1-14-11-15(5-4-10-20)8-9-19(14)21-13-17-12-16-6-2-3-7-18(16)17/h2-3,6-9,11,17H,10,12-13H2,1H3. The molecule has 0 fully saturated rings. The molecule has 0 bridgehead atoms. The van der Waals surface area contributed by atoms with Crippen LogP contribution in [0.1, 0.15) is 28.2 Å². The van der Waals surface area contributed by atoms with Gasteiger partial charge in [0.05, 0.1) is 12.5 Å². The Bertz CT molecular complexity index is 709. The fourth-order valence-corrected chi connectivity index (χ4v) is 2.79. The van der Waals surface area contributed by atoms with Crippen LogP contribution in [0.25, 0.3) is 0 Å². The van der Waals surface area contributed by atoms with E-state index in [-0.39, 0.29) is 0 Å². The monoisotopic (exact) mass is 296 g/mol. The minimum absolute atomic E-state index is 0.360. The average molecular weight is 297 g/mol. The molecule has 1 aliphatic rings. The first-order chi connectivity index (χ1) is 10.3. The summed E-state index contributed by atoms with van der Waals surface area (Å²) in [5.74, 6) is 7.71. The Balaban J connectivity index is 1.64. The lowest BCUT2D eigenvalue weighted by Gasteiger charge is -2.30. The zero-order valence-electron chi connectivity index (χ0n) is 12.0. The van der Waals surface area contributed by atoms with Crippen molar-refractivity contribution in [1.82, 2.24) is 0 Å². The van der Waals surface area contributed by atoms with Crippen LogP contribution in [0.5, 0.6) is 5.75 Å². The SMILES string of the molecule is Cc1cc(C#CCCl)ccc1OCC1Cc2ccccc21. The summed E-state index contributed by atoms with van der Waals surface area (Å²) in [7, 11) is 0. The van der Waals surface area contributed by atoms with E-state index >= 15 is 0 Å². The van der Waals surface area contributed by atoms with Gasteiger partial charge in [0.15, 0.2) is 0 Å². The minimum atomic E-state index is 0.360. The fourth-order valence-electron chi connectivity index (χ4n) is 2.73. The number of rotatable bonds is 3. The summed E-state index contributed by atoms with van der Waals surface area (Å²) in [4.78, 5) is 0. The van der Waals surface area contributed by atoms with E-state index in [0.29, 0.717) is 11.8 Å². The van der Waals surface area contributed by atoms with E-state index in [4.69, 9.17) is 16.3 Å². The molecule has 0 aliphatic heterocycles. The third-order valence-corrected chi connectivity index (χ3v) is 4.01. The van der Waals surface area contributed by atoms with Crippen molar-refractivity contribution in [2.45, 2.75) is 19.3 Å². The lowest BCUT2D eigenvalue weighted by Crippen LogP contribution is -2.23. The van der Waals surface area contributed by atoms with Crippen molar-refractivity contribution >= 4 is 11.6 Å². The maximum absolute atomic E-state index is 5.98. The van der Waals surface area contributed by atoms with Gasteiger partial charge in [-0.05, 0) is 48.2 Å². The van der Waals surface area contributed by atoms with E-state index in [9.17, 15) is 0 Å². The van der Waals surface area contributed by atoms with Crippen LogP contribution in [-0.4, -0.2) is 12.5 Å². The van der Waals surface area contributed by atoms with E-state index in [1.807, 2.05) is 18.2 Å². The summed E-state index contributed by atoms with van der Waals surface area (Å²) < 4.78 is 5.98. The summed E-state index contributed by atoms with van der Waals surface area (Å²) in [6, 6.07) is 14.6. The molecule has 0 radical (unpaired) electrons. The number of ether oxygens (including phenoxy) is 1. The van der Waals surface area contributed by atoms with Gasteiger partial charge < -0.3 is 4.74 Å². The van der Waals surface area contributed by atoms with Crippen LogP contribution in [0.4, 0.5) is 0 Å². The molecule has 1 unspecified atom stereocenters. The smallest absolute Gasteiger partial charge is 0.122 e. The van der Waals surface area contributed by atoms with E-state index in [1.54, 1.807) is 0 Å². The lowest BCUT2D eigenvalue weighted by molar-refractivity contribution is 0.273.